The molecule has 0 fully saturated rings. The Labute approximate surface area is 104 Å². The second kappa shape index (κ2) is 6.07. The van der Waals surface area contributed by atoms with Crippen molar-refractivity contribution in [2.45, 2.75) is 13.8 Å². The molecule has 0 spiro atoms. The van der Waals surface area contributed by atoms with Gasteiger partial charge >= 0.3 is 0 Å². The lowest BCUT2D eigenvalue weighted by Gasteiger charge is -2.07. The molecule has 0 bridgehead atoms. The number of halogens is 1. The summed E-state index contributed by atoms with van der Waals surface area (Å²) < 4.78 is 1.18. The first-order valence-electron chi connectivity index (χ1n) is 5.01. The molecule has 15 heavy (non-hydrogen) atoms. The molecule has 1 rings (SSSR count). The zero-order valence-electron chi connectivity index (χ0n) is 9.01. The van der Waals surface area contributed by atoms with Crippen LogP contribution in [0.3, 0.4) is 0 Å². The van der Waals surface area contributed by atoms with Crippen molar-refractivity contribution in [3.8, 4) is 0 Å². The number of hydrogen-bond acceptors (Lipinski definition) is 1. The maximum absolute atomic E-state index is 11.5. The van der Waals surface area contributed by atoms with Gasteiger partial charge in [-0.2, -0.15) is 0 Å². The Hall–Kier alpha value is -0.620. The molecule has 82 valence electrons. The fraction of sp³-hybridized carbons (Fsp3) is 0.364. The Kier molecular flexibility index (Phi) is 5.04. The van der Waals surface area contributed by atoms with E-state index >= 15 is 0 Å². The molecule has 3 nitrogen and oxygen atoms in total. The zero-order chi connectivity index (χ0) is 11.3. The Morgan fingerprint density at radius 1 is 1.53 bits per heavy atom. The Morgan fingerprint density at radius 3 is 2.87 bits per heavy atom. The fourth-order valence-corrected chi connectivity index (χ4v) is 1.89. The summed E-state index contributed by atoms with van der Waals surface area (Å²) in [6.07, 6.45) is 0. The van der Waals surface area contributed by atoms with Gasteiger partial charge in [-0.3, -0.25) is 4.79 Å². The predicted molar refractivity (Wildman–Crippen MR) is 69.9 cm³/mol. The number of nitrogens with one attached hydrogen (secondary N) is 1. The van der Waals surface area contributed by atoms with Gasteiger partial charge in [0.1, 0.15) is 0 Å². The van der Waals surface area contributed by atoms with E-state index < -0.39 is 0 Å². The number of benzene rings is 1. The van der Waals surface area contributed by atoms with Crippen LogP contribution in [-0.2, 0) is 4.79 Å². The summed E-state index contributed by atoms with van der Waals surface area (Å²) in [4.78, 5) is 11.5. The molecule has 0 atom stereocenters. The van der Waals surface area contributed by atoms with Crippen LogP contribution < -0.4 is 10.6 Å². The van der Waals surface area contributed by atoms with Gasteiger partial charge < -0.3 is 10.6 Å². The number of rotatable bonds is 4. The number of quaternary nitrogens is 1. The second-order valence-electron chi connectivity index (χ2n) is 3.41. The second-order valence-corrected chi connectivity index (χ2v) is 4.65. The van der Waals surface area contributed by atoms with Crippen molar-refractivity contribution in [2.24, 2.45) is 0 Å². The molecule has 0 saturated heterocycles. The number of amides is 1. The van der Waals surface area contributed by atoms with E-state index in [2.05, 4.69) is 34.0 Å². The predicted octanol–water partition coefficient (Wildman–Crippen LogP) is 1.12. The molecule has 0 aliphatic carbocycles. The van der Waals surface area contributed by atoms with Crippen LogP contribution in [0.5, 0.6) is 0 Å². The SMILES string of the molecule is CC[NH2+]CC(=O)Nc1ccc(I)cc1C. The highest BCUT2D eigenvalue weighted by molar-refractivity contribution is 14.1. The van der Waals surface area contributed by atoms with Crippen molar-refractivity contribution in [1.82, 2.24) is 0 Å². The molecule has 0 heterocycles. The van der Waals surface area contributed by atoms with E-state index in [0.717, 1.165) is 17.8 Å². The Balaban J connectivity index is 2.60. The molecule has 1 amide bonds. The lowest BCUT2D eigenvalue weighted by molar-refractivity contribution is -0.640. The number of carbonyl (C=O) groups is 1. The van der Waals surface area contributed by atoms with Crippen molar-refractivity contribution >= 4 is 34.2 Å². The van der Waals surface area contributed by atoms with Crippen LogP contribution >= 0.6 is 22.6 Å². The van der Waals surface area contributed by atoms with Gasteiger partial charge in [0, 0.05) is 9.26 Å². The van der Waals surface area contributed by atoms with Crippen LogP contribution in [-0.4, -0.2) is 19.0 Å². The molecular weight excluding hydrogens is 303 g/mol. The highest BCUT2D eigenvalue weighted by atomic mass is 127. The summed E-state index contributed by atoms with van der Waals surface area (Å²) in [6, 6.07) is 5.99. The van der Waals surface area contributed by atoms with Crippen molar-refractivity contribution < 1.29 is 10.1 Å². The van der Waals surface area contributed by atoms with Gasteiger partial charge in [-0.15, -0.1) is 0 Å². The molecule has 0 aliphatic rings. The number of nitrogens with two attached hydrogens (primary N) is 1. The van der Waals surface area contributed by atoms with Crippen LogP contribution in [0.4, 0.5) is 5.69 Å². The van der Waals surface area contributed by atoms with E-state index in [1.807, 2.05) is 31.3 Å². The standard InChI is InChI=1S/C11H15IN2O/c1-3-13-7-11(15)14-10-5-4-9(12)6-8(10)2/h4-6,13H,3,7H2,1-2H3,(H,14,15)/p+1. The summed E-state index contributed by atoms with van der Waals surface area (Å²) in [6.45, 7) is 5.45. The zero-order valence-corrected chi connectivity index (χ0v) is 11.2. The highest BCUT2D eigenvalue weighted by Crippen LogP contribution is 2.17. The smallest absolute Gasteiger partial charge is 0.279 e. The molecule has 4 heteroatoms. The number of carbonyl (C=O) groups excluding carboxylic acids is 1. The largest absolute Gasteiger partial charge is 0.339 e. The average molecular weight is 319 g/mol. The van der Waals surface area contributed by atoms with Crippen molar-refractivity contribution in [3.05, 3.63) is 27.3 Å². The molecule has 0 aromatic heterocycles. The van der Waals surface area contributed by atoms with Crippen LogP contribution in [0.25, 0.3) is 0 Å². The van der Waals surface area contributed by atoms with Crippen LogP contribution in [0, 0.1) is 10.5 Å². The first kappa shape index (κ1) is 12.4. The highest BCUT2D eigenvalue weighted by Gasteiger charge is 2.05. The number of hydrogen-bond donors (Lipinski definition) is 2. The van der Waals surface area contributed by atoms with E-state index in [9.17, 15) is 4.79 Å². The van der Waals surface area contributed by atoms with Gasteiger partial charge in [0.25, 0.3) is 5.91 Å². The van der Waals surface area contributed by atoms with Gasteiger partial charge in [0.15, 0.2) is 6.54 Å². The van der Waals surface area contributed by atoms with E-state index in [1.54, 1.807) is 0 Å². The monoisotopic (exact) mass is 319 g/mol. The molecule has 0 aliphatic heterocycles. The van der Waals surface area contributed by atoms with Gasteiger partial charge in [-0.05, 0) is 60.2 Å². The Morgan fingerprint density at radius 2 is 2.27 bits per heavy atom. The lowest BCUT2D eigenvalue weighted by atomic mass is 10.2. The third kappa shape index (κ3) is 4.17. The van der Waals surface area contributed by atoms with Crippen molar-refractivity contribution in [2.75, 3.05) is 18.4 Å². The summed E-state index contributed by atoms with van der Waals surface area (Å²) in [7, 11) is 0. The van der Waals surface area contributed by atoms with E-state index in [1.165, 1.54) is 3.57 Å². The van der Waals surface area contributed by atoms with Crippen LogP contribution in [0.2, 0.25) is 0 Å². The maximum atomic E-state index is 11.5. The summed E-state index contributed by atoms with van der Waals surface area (Å²) in [5, 5.41) is 4.87. The number of anilines is 1. The topological polar surface area (TPSA) is 45.7 Å². The molecule has 1 aromatic rings. The van der Waals surface area contributed by atoms with Crippen molar-refractivity contribution in [1.29, 1.82) is 0 Å². The van der Waals surface area contributed by atoms with E-state index in [-0.39, 0.29) is 5.91 Å². The third-order valence-corrected chi connectivity index (χ3v) is 2.75. The van der Waals surface area contributed by atoms with E-state index in [0.29, 0.717) is 6.54 Å². The molecule has 0 radical (unpaired) electrons. The number of likely N-dealkylation sites (N-methyl/N-ethyl adjacent to an activating group) is 1. The molecule has 3 N–H and O–H groups in total. The molecule has 0 saturated carbocycles. The minimum Gasteiger partial charge on any atom is -0.339 e. The van der Waals surface area contributed by atoms with Gasteiger partial charge in [0.05, 0.1) is 6.54 Å². The van der Waals surface area contributed by atoms with Gasteiger partial charge in [-0.1, -0.05) is 0 Å². The van der Waals surface area contributed by atoms with Crippen molar-refractivity contribution in [3.63, 3.8) is 0 Å². The molecule has 0 unspecified atom stereocenters. The molecular formula is C11H16IN2O+. The first-order chi connectivity index (χ1) is 7.13. The lowest BCUT2D eigenvalue weighted by Crippen LogP contribution is -2.85. The number of aryl methyl sites for hydroxylation is 1. The van der Waals surface area contributed by atoms with Gasteiger partial charge in [0.2, 0.25) is 0 Å². The fourth-order valence-electron chi connectivity index (χ4n) is 1.24. The first-order valence-corrected chi connectivity index (χ1v) is 6.09. The quantitative estimate of drug-likeness (QED) is 0.803. The Bertz CT molecular complexity index is 352. The van der Waals surface area contributed by atoms with E-state index in [4.69, 9.17) is 0 Å². The summed E-state index contributed by atoms with van der Waals surface area (Å²) in [5.74, 6) is 0.0566. The van der Waals surface area contributed by atoms with Gasteiger partial charge in [-0.25, -0.2) is 0 Å². The normalized spacial score (nSPS) is 10.1. The van der Waals surface area contributed by atoms with Crippen LogP contribution in [0.15, 0.2) is 18.2 Å². The van der Waals surface area contributed by atoms with Crippen LogP contribution in [0.1, 0.15) is 12.5 Å². The minimum atomic E-state index is 0.0566. The molecule has 1 aromatic carbocycles. The summed E-state index contributed by atoms with van der Waals surface area (Å²) in [5.41, 5.74) is 2.01. The third-order valence-electron chi connectivity index (χ3n) is 2.08. The maximum Gasteiger partial charge on any atom is 0.279 e. The minimum absolute atomic E-state index is 0.0566. The summed E-state index contributed by atoms with van der Waals surface area (Å²) >= 11 is 2.26. The average Bonchev–Trinajstić information content (AvgIpc) is 2.19.